The highest BCUT2D eigenvalue weighted by Crippen LogP contribution is 1.93. The van der Waals surface area contributed by atoms with Gasteiger partial charge in [-0.15, -0.1) is 24.0 Å². The number of nitrogens with zero attached hydrogens (tertiary/aromatic N) is 4. The van der Waals surface area contributed by atoms with Crippen molar-refractivity contribution in [3.8, 4) is 0 Å². The zero-order valence-corrected chi connectivity index (χ0v) is 16.6. The summed E-state index contributed by atoms with van der Waals surface area (Å²) in [5.74, 6) is 1.50. The van der Waals surface area contributed by atoms with Crippen molar-refractivity contribution in [1.82, 2.24) is 30.7 Å². The maximum absolute atomic E-state index is 11.7. The van der Waals surface area contributed by atoms with E-state index in [2.05, 4.69) is 31.0 Å². The van der Waals surface area contributed by atoms with Crippen LogP contribution in [-0.2, 0) is 18.4 Å². The quantitative estimate of drug-likeness (QED) is 0.318. The van der Waals surface area contributed by atoms with Crippen molar-refractivity contribution < 1.29 is 4.79 Å². The molecule has 1 amide bonds. The molecule has 0 aliphatic rings. The number of aryl methyl sites for hydroxylation is 1. The summed E-state index contributed by atoms with van der Waals surface area (Å²) < 4.78 is 1.69. The fraction of sp³-hybridized carbons (Fsp3) is 0.714. The number of hydrogen-bond acceptors (Lipinski definition) is 4. The van der Waals surface area contributed by atoms with Gasteiger partial charge in [0.25, 0.3) is 0 Å². The third kappa shape index (κ3) is 8.72. The Labute approximate surface area is 154 Å². The molecule has 0 fully saturated rings. The Morgan fingerprint density at radius 3 is 2.70 bits per heavy atom. The van der Waals surface area contributed by atoms with Crippen LogP contribution >= 0.6 is 24.0 Å². The second-order valence-corrected chi connectivity index (χ2v) is 5.05. The van der Waals surface area contributed by atoms with Crippen LogP contribution in [0.5, 0.6) is 0 Å². The van der Waals surface area contributed by atoms with Crippen molar-refractivity contribution in [3.63, 3.8) is 0 Å². The van der Waals surface area contributed by atoms with Crippen LogP contribution in [-0.4, -0.2) is 45.8 Å². The lowest BCUT2D eigenvalue weighted by atomic mass is 10.2. The van der Waals surface area contributed by atoms with E-state index in [4.69, 9.17) is 0 Å². The third-order valence-corrected chi connectivity index (χ3v) is 3.19. The van der Waals surface area contributed by atoms with E-state index in [-0.39, 0.29) is 35.9 Å². The number of nitrogens with one attached hydrogen (secondary N) is 3. The molecule has 1 unspecified atom stereocenters. The van der Waals surface area contributed by atoms with Gasteiger partial charge in [-0.2, -0.15) is 5.10 Å². The number of halogens is 1. The van der Waals surface area contributed by atoms with Gasteiger partial charge in [-0.05, 0) is 20.3 Å². The number of amides is 1. The molecule has 1 aromatic rings. The normalized spacial score (nSPS) is 12.3. The highest BCUT2D eigenvalue weighted by molar-refractivity contribution is 14.0. The van der Waals surface area contributed by atoms with Crippen LogP contribution in [0.4, 0.5) is 0 Å². The fourth-order valence-corrected chi connectivity index (χ4v) is 1.70. The smallest absolute Gasteiger partial charge is 0.221 e. The fourth-order valence-electron chi connectivity index (χ4n) is 1.70. The van der Waals surface area contributed by atoms with Crippen LogP contribution in [0.2, 0.25) is 0 Å². The van der Waals surface area contributed by atoms with Crippen LogP contribution in [0.15, 0.2) is 11.3 Å². The summed E-state index contributed by atoms with van der Waals surface area (Å²) >= 11 is 0. The molecule has 0 radical (unpaired) electrons. The number of rotatable bonds is 8. The van der Waals surface area contributed by atoms with E-state index in [0.717, 1.165) is 18.8 Å². The van der Waals surface area contributed by atoms with E-state index in [0.29, 0.717) is 25.5 Å². The molecule has 8 nitrogen and oxygen atoms in total. The second kappa shape index (κ2) is 12.1. The molecule has 0 aromatic carbocycles. The van der Waals surface area contributed by atoms with Crippen molar-refractivity contribution >= 4 is 35.8 Å². The predicted octanol–water partition coefficient (Wildman–Crippen LogP) is 0.793. The SMILES string of the molecule is CCNC(=NCc1ncnn1C)NCCC(=O)NC(C)CC.I. The molecule has 23 heavy (non-hydrogen) atoms. The van der Waals surface area contributed by atoms with Gasteiger partial charge < -0.3 is 16.0 Å². The number of aromatic nitrogens is 3. The van der Waals surface area contributed by atoms with Crippen molar-refractivity contribution in [2.45, 2.75) is 46.2 Å². The molecule has 1 rings (SSSR count). The predicted molar refractivity (Wildman–Crippen MR) is 102 cm³/mol. The highest BCUT2D eigenvalue weighted by Gasteiger charge is 2.06. The Morgan fingerprint density at radius 1 is 1.39 bits per heavy atom. The lowest BCUT2D eigenvalue weighted by Gasteiger charge is -2.13. The van der Waals surface area contributed by atoms with Crippen LogP contribution in [0.25, 0.3) is 0 Å². The van der Waals surface area contributed by atoms with Gasteiger partial charge in [0.2, 0.25) is 5.91 Å². The Hall–Kier alpha value is -1.39. The first-order valence-corrected chi connectivity index (χ1v) is 7.71. The van der Waals surface area contributed by atoms with Gasteiger partial charge >= 0.3 is 0 Å². The first-order valence-electron chi connectivity index (χ1n) is 7.71. The Bertz CT molecular complexity index is 489. The molecule has 0 saturated heterocycles. The molecular formula is C14H28IN7O. The minimum atomic E-state index is 0. The van der Waals surface area contributed by atoms with E-state index in [1.807, 2.05) is 27.8 Å². The summed E-state index contributed by atoms with van der Waals surface area (Å²) in [6.07, 6.45) is 2.85. The summed E-state index contributed by atoms with van der Waals surface area (Å²) in [4.78, 5) is 20.3. The molecule has 132 valence electrons. The van der Waals surface area contributed by atoms with Gasteiger partial charge in [0, 0.05) is 32.6 Å². The van der Waals surface area contributed by atoms with Crippen molar-refractivity contribution in [2.24, 2.45) is 12.0 Å². The highest BCUT2D eigenvalue weighted by atomic mass is 127. The molecular weight excluding hydrogens is 409 g/mol. The number of carbonyl (C=O) groups is 1. The molecule has 3 N–H and O–H groups in total. The van der Waals surface area contributed by atoms with Gasteiger partial charge in [-0.3, -0.25) is 9.48 Å². The van der Waals surface area contributed by atoms with Crippen molar-refractivity contribution in [3.05, 3.63) is 12.2 Å². The number of carbonyl (C=O) groups excluding carboxylic acids is 1. The minimum absolute atomic E-state index is 0. The number of aliphatic imine (C=N–C) groups is 1. The van der Waals surface area contributed by atoms with Crippen LogP contribution in [0, 0.1) is 0 Å². The zero-order chi connectivity index (χ0) is 16.4. The molecule has 0 aliphatic heterocycles. The lowest BCUT2D eigenvalue weighted by molar-refractivity contribution is -0.121. The van der Waals surface area contributed by atoms with Gasteiger partial charge in [0.1, 0.15) is 18.7 Å². The summed E-state index contributed by atoms with van der Waals surface area (Å²) in [6.45, 7) is 7.76. The van der Waals surface area contributed by atoms with E-state index >= 15 is 0 Å². The maximum atomic E-state index is 11.7. The maximum Gasteiger partial charge on any atom is 0.221 e. The van der Waals surface area contributed by atoms with Gasteiger partial charge in [-0.25, -0.2) is 9.98 Å². The number of guanidine groups is 1. The van der Waals surface area contributed by atoms with E-state index in [1.54, 1.807) is 4.68 Å². The van der Waals surface area contributed by atoms with Crippen molar-refractivity contribution in [1.29, 1.82) is 0 Å². The first kappa shape index (κ1) is 21.6. The van der Waals surface area contributed by atoms with E-state index in [1.165, 1.54) is 6.33 Å². The summed E-state index contributed by atoms with van der Waals surface area (Å²) in [5.41, 5.74) is 0. The average Bonchev–Trinajstić information content (AvgIpc) is 2.89. The molecule has 1 heterocycles. The summed E-state index contributed by atoms with van der Waals surface area (Å²) in [7, 11) is 1.83. The Balaban J connectivity index is 0.00000484. The van der Waals surface area contributed by atoms with E-state index < -0.39 is 0 Å². The molecule has 0 bridgehead atoms. The average molecular weight is 437 g/mol. The van der Waals surface area contributed by atoms with Gasteiger partial charge in [0.05, 0.1) is 0 Å². The molecule has 0 aliphatic carbocycles. The topological polar surface area (TPSA) is 96.2 Å². The van der Waals surface area contributed by atoms with E-state index in [9.17, 15) is 4.79 Å². The van der Waals surface area contributed by atoms with Crippen molar-refractivity contribution in [2.75, 3.05) is 13.1 Å². The standard InChI is InChI=1S/C14H27N7O.HI/c1-5-11(3)20-13(22)7-8-16-14(15-6-2)17-9-12-18-10-19-21(12)4;/h10-11H,5-9H2,1-4H3,(H,20,22)(H2,15,16,17);1H. The summed E-state index contributed by atoms with van der Waals surface area (Å²) in [5, 5.41) is 13.2. The molecule has 0 saturated carbocycles. The zero-order valence-electron chi connectivity index (χ0n) is 14.3. The van der Waals surface area contributed by atoms with Crippen LogP contribution in [0.1, 0.15) is 39.4 Å². The Kier molecular flexibility index (Phi) is 11.4. The summed E-state index contributed by atoms with van der Waals surface area (Å²) in [6, 6.07) is 0.213. The third-order valence-electron chi connectivity index (χ3n) is 3.19. The van der Waals surface area contributed by atoms with Gasteiger partial charge in [-0.1, -0.05) is 6.92 Å². The molecule has 0 spiro atoms. The van der Waals surface area contributed by atoms with Crippen LogP contribution < -0.4 is 16.0 Å². The lowest BCUT2D eigenvalue weighted by Crippen LogP contribution is -2.40. The minimum Gasteiger partial charge on any atom is -0.357 e. The van der Waals surface area contributed by atoms with Crippen LogP contribution in [0.3, 0.4) is 0 Å². The van der Waals surface area contributed by atoms with Gasteiger partial charge in [0.15, 0.2) is 5.96 Å². The molecule has 9 heteroatoms. The largest absolute Gasteiger partial charge is 0.357 e. The second-order valence-electron chi connectivity index (χ2n) is 5.05. The molecule has 1 atom stereocenters. The Morgan fingerprint density at radius 2 is 2.13 bits per heavy atom. The monoisotopic (exact) mass is 437 g/mol. The molecule has 1 aromatic heterocycles. The first-order chi connectivity index (χ1) is 10.6. The number of hydrogen-bond donors (Lipinski definition) is 3.